The Morgan fingerprint density at radius 1 is 0.362 bits per heavy atom. The van der Waals surface area contributed by atoms with Crippen LogP contribution >= 0.6 is 22.7 Å². The van der Waals surface area contributed by atoms with Gasteiger partial charge in [0.15, 0.2) is 5.54 Å². The average Bonchev–Trinajstić information content (AvgIpc) is 1.75. The minimum atomic E-state index is 0.0908. The maximum atomic E-state index is 5.23. The van der Waals surface area contributed by atoms with E-state index in [4.69, 9.17) is 29.4 Å². The van der Waals surface area contributed by atoms with Gasteiger partial charge in [-0.2, -0.15) is 11.3 Å². The van der Waals surface area contributed by atoms with Crippen LogP contribution in [-0.4, -0.2) is 158 Å². The van der Waals surface area contributed by atoms with Gasteiger partial charge < -0.3 is 14.6 Å². The first kappa shape index (κ1) is 92.8. The third-order valence-corrected chi connectivity index (χ3v) is 34.6. The second kappa shape index (κ2) is 40.4. The first-order valence-corrected chi connectivity index (χ1v) is 53.1. The zero-order valence-electron chi connectivity index (χ0n) is 81.9. The lowest BCUT2D eigenvalue weighted by atomic mass is 9.74. The van der Waals surface area contributed by atoms with Gasteiger partial charge in [-0.15, -0.1) is 11.3 Å². The van der Waals surface area contributed by atoms with Crippen molar-refractivity contribution in [1.29, 1.82) is 0 Å². The Bertz CT molecular complexity index is 6790. The Labute approximate surface area is 837 Å². The predicted octanol–water partition coefficient (Wildman–Crippen LogP) is 24.3. The lowest BCUT2D eigenvalue weighted by molar-refractivity contribution is -0.574. The Morgan fingerprint density at radius 3 is 1.15 bits per heavy atom. The van der Waals surface area contributed by atoms with Gasteiger partial charge in [-0.05, 0) is 363 Å². The fraction of sp³-hybridized carbons (Fsp3) is 0.364. The van der Waals surface area contributed by atoms with Gasteiger partial charge in [0.05, 0.1) is 64.5 Å². The third-order valence-electron chi connectivity index (χ3n) is 33.0. The van der Waals surface area contributed by atoms with Crippen LogP contribution in [0.15, 0.2) is 290 Å². The Hall–Kier alpha value is -13.2. The maximum absolute atomic E-state index is 5.23. The summed E-state index contributed by atoms with van der Waals surface area (Å²) in [6, 6.07) is 55.3. The summed E-state index contributed by atoms with van der Waals surface area (Å²) in [5.74, 6) is 1.08. The topological polar surface area (TPSA) is 209 Å². The van der Waals surface area contributed by atoms with Gasteiger partial charge in [0.2, 0.25) is 0 Å². The predicted molar refractivity (Wildman–Crippen MR) is 576 cm³/mol. The third kappa shape index (κ3) is 19.8. The molecule has 141 heavy (non-hydrogen) atoms. The van der Waals surface area contributed by atoms with Gasteiger partial charge in [0.1, 0.15) is 38.6 Å². The molecule has 28 rings (SSSR count). The number of fused-ring (bicyclic) bond motifs is 7. The van der Waals surface area contributed by atoms with Crippen molar-refractivity contribution < 1.29 is 8.99 Å². The molecule has 7 atom stereocenters. The molecule has 0 amide bonds. The lowest BCUT2D eigenvalue weighted by Gasteiger charge is -2.35. The molecule has 14 aliphatic rings. The number of hydrogen-bond donors (Lipinski definition) is 1. The largest absolute Gasteiger partial charge is 0.472 e. The Morgan fingerprint density at radius 2 is 0.766 bits per heavy atom. The summed E-state index contributed by atoms with van der Waals surface area (Å²) in [5, 5.41) is 10.2. The van der Waals surface area contributed by atoms with E-state index < -0.39 is 0 Å². The van der Waals surface area contributed by atoms with Gasteiger partial charge in [0.25, 0.3) is 0 Å². The number of aliphatic imine (C=N–C) groups is 6. The second-order valence-corrected chi connectivity index (χ2v) is 43.6. The fourth-order valence-electron chi connectivity index (χ4n) is 25.7. The van der Waals surface area contributed by atoms with E-state index in [1.54, 1.807) is 54.0 Å². The fourth-order valence-corrected chi connectivity index (χ4v) is 27.2. The van der Waals surface area contributed by atoms with Crippen molar-refractivity contribution in [1.82, 2.24) is 50.1 Å². The molecule has 14 heterocycles. The Balaban J connectivity index is 0.0000000945. The summed E-state index contributed by atoms with van der Waals surface area (Å²) in [7, 11) is 4.35. The smallest absolute Gasteiger partial charge is 0.166 e. The summed E-state index contributed by atoms with van der Waals surface area (Å²) < 4.78 is 7.70. The minimum absolute atomic E-state index is 0.0908. The molecule has 18 nitrogen and oxygen atoms in total. The molecule has 7 spiro atoms. The van der Waals surface area contributed by atoms with Crippen LogP contribution in [0.2, 0.25) is 0 Å². The summed E-state index contributed by atoms with van der Waals surface area (Å²) in [4.78, 5) is 65.5. The van der Waals surface area contributed by atoms with E-state index in [0.717, 1.165) is 137 Å². The molecule has 14 aromatic rings. The number of thiophene rings is 2. The van der Waals surface area contributed by atoms with Crippen LogP contribution in [0.4, 0.5) is 0 Å². The molecule has 0 bridgehead atoms. The molecule has 0 radical (unpaired) electrons. The van der Waals surface area contributed by atoms with E-state index >= 15 is 0 Å². The normalized spacial score (nSPS) is 24.2. The zero-order valence-corrected chi connectivity index (χ0v) is 83.5. The molecule has 1 N–H and O–H groups in total. The van der Waals surface area contributed by atoms with Gasteiger partial charge in [-0.1, -0.05) is 133 Å². The van der Waals surface area contributed by atoms with Gasteiger partial charge in [-0.25, -0.2) is 44.4 Å². The minimum Gasteiger partial charge on any atom is -0.472 e. The van der Waals surface area contributed by atoms with E-state index in [1.165, 1.54) is 230 Å². The SMILES string of the molecule is C1=NC2(CC1)CCc1c(cccc1-c1cccs1)C2.C1=NC2(CC1)CCc1c(cccc1-c1ccoc1)C2.C1=NC2(CC1)CCc1c(cccc1-c1ccsc1)C2.CC1=NC2(CC1)CCc1c(cccc1-c1cncnc1)C2.CC1=NCC2(CCc3c(cccc3-c3cncnc3)C2)N1.CN1C=NC2(CCc3c(cccc3-c3cncnc3)C2)C1.C[N+]1=CCCC12CCc1c(cccc1-c1cncnc1)C2. The molecule has 0 saturated carbocycles. The number of nitrogens with one attached hydrogen (secondary N) is 1. The van der Waals surface area contributed by atoms with Crippen molar-refractivity contribution in [2.24, 2.45) is 30.0 Å². The molecular weight excluding hydrogens is 1770 g/mol. The zero-order chi connectivity index (χ0) is 95.3. The second-order valence-electron chi connectivity index (χ2n) is 41.9. The van der Waals surface area contributed by atoms with Gasteiger partial charge in [-0.3, -0.25) is 30.0 Å². The molecule has 712 valence electrons. The Kier molecular flexibility index (Phi) is 26.6. The number of furan rings is 1. The van der Waals surface area contributed by atoms with Crippen molar-refractivity contribution in [2.45, 2.75) is 252 Å². The van der Waals surface area contributed by atoms with E-state index in [1.807, 2.05) is 79.6 Å². The first-order chi connectivity index (χ1) is 69.1. The highest BCUT2D eigenvalue weighted by atomic mass is 32.1. The summed E-state index contributed by atoms with van der Waals surface area (Å²) in [5.41, 5.74) is 40.1. The van der Waals surface area contributed by atoms with Crippen LogP contribution in [0.3, 0.4) is 0 Å². The van der Waals surface area contributed by atoms with Gasteiger partial charge >= 0.3 is 0 Å². The van der Waals surface area contributed by atoms with Crippen LogP contribution in [0.1, 0.15) is 201 Å². The number of nitrogens with zero attached hydrogens (tertiary/aromatic N) is 16. The summed E-state index contributed by atoms with van der Waals surface area (Å²) >= 11 is 3.62. The van der Waals surface area contributed by atoms with E-state index in [0.29, 0.717) is 5.54 Å². The highest BCUT2D eigenvalue weighted by Gasteiger charge is 2.47. The van der Waals surface area contributed by atoms with E-state index in [9.17, 15) is 0 Å². The average molecular weight is 1900 g/mol. The highest BCUT2D eigenvalue weighted by Crippen LogP contribution is 2.49. The van der Waals surface area contributed by atoms with Crippen LogP contribution < -0.4 is 5.32 Å². The monoisotopic (exact) mass is 1900 g/mol. The van der Waals surface area contributed by atoms with Crippen LogP contribution in [0.5, 0.6) is 0 Å². The van der Waals surface area contributed by atoms with Crippen molar-refractivity contribution in [3.05, 3.63) is 333 Å². The number of benzene rings is 7. The van der Waals surface area contributed by atoms with E-state index in [-0.39, 0.29) is 33.2 Å². The van der Waals surface area contributed by atoms with Crippen molar-refractivity contribution in [2.75, 3.05) is 27.2 Å². The molecule has 7 aromatic heterocycles. The maximum Gasteiger partial charge on any atom is 0.166 e. The number of amidine groups is 1. The van der Waals surface area contributed by atoms with Crippen molar-refractivity contribution in [3.8, 4) is 77.2 Å². The number of rotatable bonds is 7. The number of aromatic nitrogens is 8. The standard InChI is InChI=1S/C18H20N3.C18H19N3.2C17H18N4.C17H17NO.2C17H17NS/c1-21-9-3-7-18(21)8-6-17-14(10-18)4-2-5-16(17)15-11-19-13-20-12-15;1-13-5-7-18(21-13)8-6-17-14(9-18)3-2-4-16(17)15-10-19-12-20-11-15;1-21-10-17(20-12-21)6-5-16-13(7-17)3-2-4-15(16)14-8-18-11-19-9-14;1-12-20-10-17(21-12)6-5-16-13(7-17)3-2-4-15(16)14-8-18-11-19-9-14;1-3-13-11-17(7-2-9-18-17)8-5-16(13)15(4-1)14-6-10-19-12-14;1-4-13-12-17(8-3-10-18-17)9-7-14(13)15(5-1)16-6-2-11-19-16;1-3-13-11-17(7-2-9-18-17)8-5-16(13)15(4-1)14-6-10-19-12-14/h2,4-5,9,11-13H,3,6-8,10H2,1H3;2-4,10-12H,5-9H2,1H3;2-4,8-9,11-12H,5-7,10H2,1H3;2-4,8-9,11H,5-7,10H2,1H3,(H,20,21);1,3-4,6,9-10,12H,2,5,7-8,11H2;1-2,4-6,10-11H,3,7-9,12H2;1,3-4,6,9-10,12H,2,5,7-8,11H2/q+1;;;;;;. The molecule has 7 unspecified atom stereocenters. The number of hydrogen-bond acceptors (Lipinski definition) is 19. The first-order valence-electron chi connectivity index (χ1n) is 51.3. The van der Waals surface area contributed by atoms with Crippen molar-refractivity contribution in [3.63, 3.8) is 0 Å². The summed E-state index contributed by atoms with van der Waals surface area (Å²) in [6.07, 6.45) is 71.9. The van der Waals surface area contributed by atoms with Crippen LogP contribution in [0, 0.1) is 0 Å². The molecule has 7 aromatic carbocycles. The molecule has 7 aliphatic carbocycles. The van der Waals surface area contributed by atoms with Gasteiger partial charge in [0, 0.05) is 127 Å². The molecule has 0 saturated heterocycles. The van der Waals surface area contributed by atoms with Crippen molar-refractivity contribution >= 4 is 65.4 Å². The quantitative estimate of drug-likeness (QED) is 0.148. The lowest BCUT2D eigenvalue weighted by Crippen LogP contribution is -2.49. The number of likely N-dealkylation sites (N-methyl/N-ethyl adjacent to an activating group) is 2. The summed E-state index contributed by atoms with van der Waals surface area (Å²) in [6.45, 7) is 6.16. The molecular formula is C121H126N17OS2+. The van der Waals surface area contributed by atoms with E-state index in [2.05, 4.69) is 274 Å². The molecule has 20 heteroatoms. The van der Waals surface area contributed by atoms with Crippen LogP contribution in [0.25, 0.3) is 77.2 Å². The van der Waals surface area contributed by atoms with Crippen LogP contribution in [-0.2, 0) is 89.9 Å². The molecule has 0 fully saturated rings. The highest BCUT2D eigenvalue weighted by molar-refractivity contribution is 7.13. The molecule has 7 aliphatic heterocycles.